The lowest BCUT2D eigenvalue weighted by Crippen LogP contribution is -1.98. The van der Waals surface area contributed by atoms with E-state index in [1.807, 2.05) is 25.1 Å². The second-order valence-electron chi connectivity index (χ2n) is 4.21. The highest BCUT2D eigenvalue weighted by Crippen LogP contribution is 2.30. The summed E-state index contributed by atoms with van der Waals surface area (Å²) < 4.78 is 5.14. The number of benzene rings is 2. The normalized spacial score (nSPS) is 10.3. The molecule has 19 heavy (non-hydrogen) atoms. The Morgan fingerprint density at radius 2 is 1.95 bits per heavy atom. The molecule has 3 nitrogen and oxygen atoms in total. The zero-order chi connectivity index (χ0) is 14.0. The molecule has 0 fully saturated rings. The summed E-state index contributed by atoms with van der Waals surface area (Å²) in [4.78, 5) is 11.1. The van der Waals surface area contributed by atoms with Crippen LogP contribution in [0.3, 0.4) is 0 Å². The summed E-state index contributed by atoms with van der Waals surface area (Å²) in [5, 5.41) is 9.77. The van der Waals surface area contributed by atoms with Crippen LogP contribution in [0, 0.1) is 6.92 Å². The molecular formula is C15H13ClO3. The van der Waals surface area contributed by atoms with Crippen molar-refractivity contribution in [3.05, 3.63) is 52.5 Å². The second-order valence-corrected chi connectivity index (χ2v) is 4.65. The van der Waals surface area contributed by atoms with Gasteiger partial charge in [0.2, 0.25) is 0 Å². The molecule has 2 rings (SSSR count). The fourth-order valence-electron chi connectivity index (χ4n) is 1.95. The van der Waals surface area contributed by atoms with Crippen LogP contribution < -0.4 is 4.74 Å². The highest BCUT2D eigenvalue weighted by molar-refractivity contribution is 6.30. The Labute approximate surface area is 116 Å². The second kappa shape index (κ2) is 5.33. The van der Waals surface area contributed by atoms with E-state index in [2.05, 4.69) is 0 Å². The van der Waals surface area contributed by atoms with Crippen LogP contribution in [0.5, 0.6) is 5.75 Å². The largest absolute Gasteiger partial charge is 0.497 e. The first-order chi connectivity index (χ1) is 9.01. The van der Waals surface area contributed by atoms with Gasteiger partial charge >= 0.3 is 5.97 Å². The fraction of sp³-hybridized carbons (Fsp3) is 0.133. The smallest absolute Gasteiger partial charge is 0.335 e. The molecule has 0 aliphatic heterocycles. The standard InChI is InChI=1S/C15H13ClO3/c1-9-5-12(16)3-4-14(9)10-6-11(15(17)18)8-13(7-10)19-2/h3-8H,1-2H3,(H,17,18). The number of aromatic carboxylic acids is 1. The van der Waals surface area contributed by atoms with E-state index < -0.39 is 5.97 Å². The Balaban J connectivity index is 2.60. The molecule has 0 radical (unpaired) electrons. The number of aryl methyl sites for hydroxylation is 1. The first-order valence-corrected chi connectivity index (χ1v) is 6.08. The van der Waals surface area contributed by atoms with Gasteiger partial charge in [0, 0.05) is 5.02 Å². The Bertz CT molecular complexity index is 635. The summed E-state index contributed by atoms with van der Waals surface area (Å²) in [6.45, 7) is 1.93. The summed E-state index contributed by atoms with van der Waals surface area (Å²) in [6.07, 6.45) is 0. The Morgan fingerprint density at radius 3 is 2.53 bits per heavy atom. The van der Waals surface area contributed by atoms with Crippen molar-refractivity contribution in [2.24, 2.45) is 0 Å². The molecule has 0 saturated heterocycles. The number of rotatable bonds is 3. The zero-order valence-corrected chi connectivity index (χ0v) is 11.4. The van der Waals surface area contributed by atoms with Crippen LogP contribution in [0.2, 0.25) is 5.02 Å². The van der Waals surface area contributed by atoms with Crippen molar-refractivity contribution >= 4 is 17.6 Å². The third-order valence-corrected chi connectivity index (χ3v) is 3.12. The Kier molecular flexibility index (Phi) is 3.76. The molecule has 1 N–H and O–H groups in total. The maximum atomic E-state index is 11.1. The van der Waals surface area contributed by atoms with E-state index in [1.54, 1.807) is 12.1 Å². The molecule has 0 aromatic heterocycles. The van der Waals surface area contributed by atoms with Crippen LogP contribution in [-0.4, -0.2) is 18.2 Å². The summed E-state index contributed by atoms with van der Waals surface area (Å²) in [7, 11) is 1.51. The van der Waals surface area contributed by atoms with Gasteiger partial charge in [-0.1, -0.05) is 17.7 Å². The zero-order valence-electron chi connectivity index (χ0n) is 10.6. The van der Waals surface area contributed by atoms with E-state index in [0.29, 0.717) is 10.8 Å². The average Bonchev–Trinajstić information content (AvgIpc) is 2.38. The van der Waals surface area contributed by atoms with Crippen molar-refractivity contribution in [3.63, 3.8) is 0 Å². The van der Waals surface area contributed by atoms with Gasteiger partial charge in [-0.05, 0) is 53.9 Å². The lowest BCUT2D eigenvalue weighted by molar-refractivity contribution is 0.0696. The van der Waals surface area contributed by atoms with Gasteiger partial charge < -0.3 is 9.84 Å². The van der Waals surface area contributed by atoms with Crippen molar-refractivity contribution in [1.29, 1.82) is 0 Å². The summed E-state index contributed by atoms with van der Waals surface area (Å²) in [6, 6.07) is 10.4. The Morgan fingerprint density at radius 1 is 1.21 bits per heavy atom. The number of carboxylic acids is 1. The summed E-state index contributed by atoms with van der Waals surface area (Å²) >= 11 is 5.93. The molecule has 2 aromatic carbocycles. The van der Waals surface area contributed by atoms with Gasteiger partial charge in [-0.2, -0.15) is 0 Å². The quantitative estimate of drug-likeness (QED) is 0.921. The minimum Gasteiger partial charge on any atom is -0.497 e. The van der Waals surface area contributed by atoms with Gasteiger partial charge in [-0.3, -0.25) is 0 Å². The van der Waals surface area contributed by atoms with E-state index in [1.165, 1.54) is 13.2 Å². The molecule has 2 aromatic rings. The van der Waals surface area contributed by atoms with Crippen LogP contribution in [-0.2, 0) is 0 Å². The van der Waals surface area contributed by atoms with E-state index in [4.69, 9.17) is 21.4 Å². The number of ether oxygens (including phenoxy) is 1. The molecule has 0 heterocycles. The van der Waals surface area contributed by atoms with Crippen molar-refractivity contribution in [1.82, 2.24) is 0 Å². The number of hydrogen-bond donors (Lipinski definition) is 1. The lowest BCUT2D eigenvalue weighted by atomic mass is 9.98. The monoisotopic (exact) mass is 276 g/mol. The van der Waals surface area contributed by atoms with E-state index in [9.17, 15) is 4.79 Å². The molecule has 0 atom stereocenters. The number of carbonyl (C=O) groups is 1. The number of methoxy groups -OCH3 is 1. The van der Waals surface area contributed by atoms with E-state index in [-0.39, 0.29) is 5.56 Å². The number of hydrogen-bond acceptors (Lipinski definition) is 2. The van der Waals surface area contributed by atoms with Crippen LogP contribution in [0.15, 0.2) is 36.4 Å². The predicted octanol–water partition coefficient (Wildman–Crippen LogP) is 4.02. The third kappa shape index (κ3) is 2.88. The van der Waals surface area contributed by atoms with Gasteiger partial charge in [-0.25, -0.2) is 4.79 Å². The van der Waals surface area contributed by atoms with Crippen molar-refractivity contribution in [2.45, 2.75) is 6.92 Å². The third-order valence-electron chi connectivity index (χ3n) is 2.89. The van der Waals surface area contributed by atoms with Crippen LogP contribution in [0.25, 0.3) is 11.1 Å². The van der Waals surface area contributed by atoms with Gasteiger partial charge in [-0.15, -0.1) is 0 Å². The maximum Gasteiger partial charge on any atom is 0.335 e. The van der Waals surface area contributed by atoms with Crippen molar-refractivity contribution in [2.75, 3.05) is 7.11 Å². The predicted molar refractivity (Wildman–Crippen MR) is 75.1 cm³/mol. The van der Waals surface area contributed by atoms with Crippen molar-refractivity contribution in [3.8, 4) is 16.9 Å². The average molecular weight is 277 g/mol. The van der Waals surface area contributed by atoms with Crippen LogP contribution in [0.1, 0.15) is 15.9 Å². The van der Waals surface area contributed by atoms with Gasteiger partial charge in [0.15, 0.2) is 0 Å². The number of carboxylic acid groups (broad SMARTS) is 1. The van der Waals surface area contributed by atoms with Gasteiger partial charge in [0.05, 0.1) is 12.7 Å². The van der Waals surface area contributed by atoms with Crippen molar-refractivity contribution < 1.29 is 14.6 Å². The first kappa shape index (κ1) is 13.4. The molecule has 0 aliphatic rings. The van der Waals surface area contributed by atoms with Crippen LogP contribution >= 0.6 is 11.6 Å². The summed E-state index contributed by atoms with van der Waals surface area (Å²) in [5.41, 5.74) is 2.91. The summed E-state index contributed by atoms with van der Waals surface area (Å²) in [5.74, 6) is -0.462. The Hall–Kier alpha value is -2.00. The van der Waals surface area contributed by atoms with E-state index in [0.717, 1.165) is 16.7 Å². The first-order valence-electron chi connectivity index (χ1n) is 5.70. The molecule has 0 aliphatic carbocycles. The SMILES string of the molecule is COc1cc(C(=O)O)cc(-c2ccc(Cl)cc2C)c1. The molecule has 0 spiro atoms. The highest BCUT2D eigenvalue weighted by atomic mass is 35.5. The molecule has 4 heteroatoms. The minimum absolute atomic E-state index is 0.198. The molecule has 0 amide bonds. The molecule has 0 bridgehead atoms. The number of halogens is 1. The maximum absolute atomic E-state index is 11.1. The lowest BCUT2D eigenvalue weighted by Gasteiger charge is -2.10. The van der Waals surface area contributed by atoms with Gasteiger partial charge in [0.25, 0.3) is 0 Å². The van der Waals surface area contributed by atoms with Gasteiger partial charge in [0.1, 0.15) is 5.75 Å². The molecular weight excluding hydrogens is 264 g/mol. The topological polar surface area (TPSA) is 46.5 Å². The molecule has 0 unspecified atom stereocenters. The van der Waals surface area contributed by atoms with Crippen LogP contribution in [0.4, 0.5) is 0 Å². The molecule has 0 saturated carbocycles. The fourth-order valence-corrected chi connectivity index (χ4v) is 2.17. The van der Waals surface area contributed by atoms with E-state index >= 15 is 0 Å². The minimum atomic E-state index is -0.980. The molecule has 98 valence electrons. The highest BCUT2D eigenvalue weighted by Gasteiger charge is 2.10.